The Labute approximate surface area is 118 Å². The van der Waals surface area contributed by atoms with Crippen molar-refractivity contribution < 1.29 is 4.79 Å². The molecule has 1 amide bonds. The Kier molecular flexibility index (Phi) is 3.30. The molecule has 0 unspecified atom stereocenters. The first-order valence-corrected chi connectivity index (χ1v) is 7.04. The summed E-state index contributed by atoms with van der Waals surface area (Å²) in [7, 11) is 0. The Balaban J connectivity index is 1.66. The number of aromatic nitrogens is 2. The number of imidazole rings is 1. The molecule has 20 heavy (non-hydrogen) atoms. The van der Waals surface area contributed by atoms with E-state index in [1.165, 1.54) is 0 Å². The van der Waals surface area contributed by atoms with Crippen molar-refractivity contribution >= 4 is 5.91 Å². The van der Waals surface area contributed by atoms with E-state index in [9.17, 15) is 4.79 Å². The van der Waals surface area contributed by atoms with Gasteiger partial charge in [-0.25, -0.2) is 4.98 Å². The molecule has 0 saturated heterocycles. The second kappa shape index (κ2) is 5.12. The first kappa shape index (κ1) is 12.9. The highest BCUT2D eigenvalue weighted by Crippen LogP contribution is 2.38. The summed E-state index contributed by atoms with van der Waals surface area (Å²) in [4.78, 5) is 16.0. The van der Waals surface area contributed by atoms with Crippen molar-refractivity contribution in [1.82, 2.24) is 14.9 Å². The number of benzene rings is 1. The second-order valence-electron chi connectivity index (χ2n) is 5.61. The van der Waals surface area contributed by atoms with E-state index < -0.39 is 0 Å². The molecule has 1 aromatic heterocycles. The summed E-state index contributed by atoms with van der Waals surface area (Å²) in [6.45, 7) is 4.14. The minimum Gasteiger partial charge on any atom is -0.349 e. The Bertz CT molecular complexity index is 589. The molecule has 4 nitrogen and oxygen atoms in total. The molecular formula is C16H19N3O. The van der Waals surface area contributed by atoms with E-state index in [4.69, 9.17) is 0 Å². The summed E-state index contributed by atoms with van der Waals surface area (Å²) >= 11 is 0. The standard InChI is InChI=1S/C16H19N3O/c1-11-9-15(11)16(20)18-12(2)13-3-5-14(6-4-13)19-8-7-17-10-19/h3-8,10-12,15H,9H2,1-2H3,(H,18,20)/t11-,12-,15+/m0/s1. The molecule has 1 heterocycles. The molecule has 1 fully saturated rings. The van der Waals surface area contributed by atoms with E-state index in [2.05, 4.69) is 29.4 Å². The van der Waals surface area contributed by atoms with E-state index in [0.29, 0.717) is 5.92 Å². The minimum absolute atomic E-state index is 0.0483. The Hall–Kier alpha value is -2.10. The van der Waals surface area contributed by atoms with Crippen LogP contribution in [0.3, 0.4) is 0 Å². The normalized spacial score (nSPS) is 22.3. The van der Waals surface area contributed by atoms with Crippen LogP contribution in [0.5, 0.6) is 0 Å². The summed E-state index contributed by atoms with van der Waals surface area (Å²) in [6, 6.07) is 8.23. The van der Waals surface area contributed by atoms with Crippen molar-refractivity contribution in [3.63, 3.8) is 0 Å². The van der Waals surface area contributed by atoms with Crippen LogP contribution >= 0.6 is 0 Å². The summed E-state index contributed by atoms with van der Waals surface area (Å²) in [5.41, 5.74) is 2.19. The molecule has 1 aromatic carbocycles. The fourth-order valence-electron chi connectivity index (χ4n) is 2.44. The predicted molar refractivity (Wildman–Crippen MR) is 77.4 cm³/mol. The molecular weight excluding hydrogens is 250 g/mol. The van der Waals surface area contributed by atoms with Crippen LogP contribution in [0.4, 0.5) is 0 Å². The van der Waals surface area contributed by atoms with Crippen molar-refractivity contribution in [1.29, 1.82) is 0 Å². The maximum absolute atomic E-state index is 11.9. The van der Waals surface area contributed by atoms with Gasteiger partial charge in [-0.2, -0.15) is 0 Å². The molecule has 3 atom stereocenters. The van der Waals surface area contributed by atoms with Crippen molar-refractivity contribution in [3.8, 4) is 5.69 Å². The number of hydrogen-bond donors (Lipinski definition) is 1. The smallest absolute Gasteiger partial charge is 0.223 e. The predicted octanol–water partition coefficient (Wildman–Crippen LogP) is 2.71. The number of nitrogens with one attached hydrogen (secondary N) is 1. The van der Waals surface area contributed by atoms with Gasteiger partial charge in [0.1, 0.15) is 0 Å². The number of carbonyl (C=O) groups is 1. The lowest BCUT2D eigenvalue weighted by atomic mass is 10.1. The minimum atomic E-state index is 0.0483. The molecule has 0 aliphatic heterocycles. The highest BCUT2D eigenvalue weighted by Gasteiger charge is 2.39. The SMILES string of the molecule is C[C@H](NC(=O)[C@@H]1C[C@@H]1C)c1ccc(-n2ccnc2)cc1. The maximum atomic E-state index is 11.9. The van der Waals surface area contributed by atoms with Gasteiger partial charge in [-0.1, -0.05) is 19.1 Å². The largest absolute Gasteiger partial charge is 0.349 e. The number of nitrogens with zero attached hydrogens (tertiary/aromatic N) is 2. The fraction of sp³-hybridized carbons (Fsp3) is 0.375. The highest BCUT2D eigenvalue weighted by molar-refractivity contribution is 5.81. The zero-order valence-electron chi connectivity index (χ0n) is 11.8. The Morgan fingerprint density at radius 1 is 1.40 bits per heavy atom. The van der Waals surface area contributed by atoms with E-state index in [0.717, 1.165) is 17.7 Å². The van der Waals surface area contributed by atoms with Crippen LogP contribution in [0.25, 0.3) is 5.69 Å². The molecule has 1 aliphatic rings. The van der Waals surface area contributed by atoms with Crippen LogP contribution in [0.1, 0.15) is 31.9 Å². The van der Waals surface area contributed by atoms with Gasteiger partial charge in [0, 0.05) is 24.0 Å². The van der Waals surface area contributed by atoms with Gasteiger partial charge < -0.3 is 9.88 Å². The molecule has 1 saturated carbocycles. The lowest BCUT2D eigenvalue weighted by Crippen LogP contribution is -2.28. The second-order valence-corrected chi connectivity index (χ2v) is 5.61. The average Bonchev–Trinajstić information content (AvgIpc) is 2.97. The van der Waals surface area contributed by atoms with Gasteiger partial charge in [-0.3, -0.25) is 4.79 Å². The van der Waals surface area contributed by atoms with Gasteiger partial charge in [0.05, 0.1) is 12.4 Å². The van der Waals surface area contributed by atoms with Gasteiger partial charge in [0.15, 0.2) is 0 Å². The fourth-order valence-corrected chi connectivity index (χ4v) is 2.44. The molecule has 4 heteroatoms. The van der Waals surface area contributed by atoms with Crippen LogP contribution in [0, 0.1) is 11.8 Å². The third-order valence-corrected chi connectivity index (χ3v) is 4.00. The van der Waals surface area contributed by atoms with Crippen LogP contribution in [0.2, 0.25) is 0 Å². The topological polar surface area (TPSA) is 46.9 Å². The van der Waals surface area contributed by atoms with Crippen molar-refractivity contribution in [2.45, 2.75) is 26.3 Å². The molecule has 1 aliphatic carbocycles. The molecule has 1 N–H and O–H groups in total. The number of hydrogen-bond acceptors (Lipinski definition) is 2. The highest BCUT2D eigenvalue weighted by atomic mass is 16.2. The first-order valence-electron chi connectivity index (χ1n) is 7.04. The van der Waals surface area contributed by atoms with E-state index in [1.807, 2.05) is 29.8 Å². The zero-order chi connectivity index (χ0) is 14.1. The van der Waals surface area contributed by atoms with E-state index in [-0.39, 0.29) is 17.9 Å². The number of rotatable bonds is 4. The lowest BCUT2D eigenvalue weighted by Gasteiger charge is -2.15. The van der Waals surface area contributed by atoms with Crippen molar-refractivity contribution in [3.05, 3.63) is 48.5 Å². The molecule has 0 bridgehead atoms. The molecule has 2 aromatic rings. The van der Waals surface area contributed by atoms with E-state index in [1.54, 1.807) is 12.5 Å². The molecule has 0 radical (unpaired) electrons. The maximum Gasteiger partial charge on any atom is 0.223 e. The van der Waals surface area contributed by atoms with Crippen LogP contribution < -0.4 is 5.32 Å². The molecule has 0 spiro atoms. The quantitative estimate of drug-likeness (QED) is 0.927. The molecule has 104 valence electrons. The van der Waals surface area contributed by atoms with Crippen LogP contribution in [-0.4, -0.2) is 15.5 Å². The lowest BCUT2D eigenvalue weighted by molar-refractivity contribution is -0.123. The summed E-state index contributed by atoms with van der Waals surface area (Å²) in [6.07, 6.45) is 6.47. The van der Waals surface area contributed by atoms with Gasteiger partial charge in [0.25, 0.3) is 0 Å². The first-order chi connectivity index (χ1) is 9.65. The number of carbonyl (C=O) groups excluding carboxylic acids is 1. The van der Waals surface area contributed by atoms with Gasteiger partial charge in [-0.05, 0) is 37.0 Å². The van der Waals surface area contributed by atoms with Crippen LogP contribution in [-0.2, 0) is 4.79 Å². The van der Waals surface area contributed by atoms with Crippen LogP contribution in [0.15, 0.2) is 43.0 Å². The third-order valence-electron chi connectivity index (χ3n) is 4.00. The monoisotopic (exact) mass is 269 g/mol. The van der Waals surface area contributed by atoms with Gasteiger partial charge >= 0.3 is 0 Å². The van der Waals surface area contributed by atoms with Gasteiger partial charge in [-0.15, -0.1) is 0 Å². The summed E-state index contributed by atoms with van der Waals surface area (Å²) < 4.78 is 1.96. The van der Waals surface area contributed by atoms with E-state index >= 15 is 0 Å². The summed E-state index contributed by atoms with van der Waals surface area (Å²) in [5.74, 6) is 0.956. The zero-order valence-corrected chi connectivity index (χ0v) is 11.8. The number of amides is 1. The Morgan fingerprint density at radius 3 is 2.65 bits per heavy atom. The van der Waals surface area contributed by atoms with Gasteiger partial charge in [0.2, 0.25) is 5.91 Å². The van der Waals surface area contributed by atoms with Crippen molar-refractivity contribution in [2.24, 2.45) is 11.8 Å². The van der Waals surface area contributed by atoms with Crippen molar-refractivity contribution in [2.75, 3.05) is 0 Å². The third kappa shape index (κ3) is 2.59. The Morgan fingerprint density at radius 2 is 2.10 bits per heavy atom. The average molecular weight is 269 g/mol. The molecule has 3 rings (SSSR count). The summed E-state index contributed by atoms with van der Waals surface area (Å²) in [5, 5.41) is 3.08.